The molecule has 0 saturated carbocycles. The SMILES string of the molecule is CC(C)(C)CN1C(=O)c2ccccc2I1N=[N+]=[N-]. The van der Waals surface area contributed by atoms with E-state index in [4.69, 9.17) is 5.53 Å². The van der Waals surface area contributed by atoms with E-state index in [1.54, 1.807) is 3.11 Å². The molecule has 1 aromatic rings. The number of hydrogen-bond donors (Lipinski definition) is 0. The summed E-state index contributed by atoms with van der Waals surface area (Å²) in [4.78, 5) is 15.3. The number of fused-ring (bicyclic) bond motifs is 1. The Morgan fingerprint density at radius 3 is 2.67 bits per heavy atom. The summed E-state index contributed by atoms with van der Waals surface area (Å²) < 4.78 is 6.68. The predicted octanol–water partition coefficient (Wildman–Crippen LogP) is 4.00. The molecule has 1 aromatic carbocycles. The fourth-order valence-electron chi connectivity index (χ4n) is 1.75. The molecule has 0 unspecified atom stereocenters. The second-order valence-corrected chi connectivity index (χ2v) is 9.43. The van der Waals surface area contributed by atoms with Crippen molar-refractivity contribution < 1.29 is 4.79 Å². The number of nitrogens with zero attached hydrogens (tertiary/aromatic N) is 4. The standard InChI is InChI=1S/C12H15IN4O/c1-12(2,3)8-17-11(18)9-6-4-5-7-10(9)13(17)15-16-14/h4-7H,8H2,1-3H3. The van der Waals surface area contributed by atoms with Crippen molar-refractivity contribution in [3.05, 3.63) is 43.8 Å². The Balaban J connectivity index is 2.44. The Morgan fingerprint density at radius 2 is 2.06 bits per heavy atom. The number of benzene rings is 1. The number of carbonyl (C=O) groups is 1. The van der Waals surface area contributed by atoms with Crippen LogP contribution in [0.15, 0.2) is 27.6 Å². The van der Waals surface area contributed by atoms with Gasteiger partial charge in [0.1, 0.15) is 0 Å². The first-order chi connectivity index (χ1) is 8.44. The van der Waals surface area contributed by atoms with Gasteiger partial charge in [-0.15, -0.1) is 0 Å². The summed E-state index contributed by atoms with van der Waals surface area (Å²) in [5, 5.41) is 0. The second-order valence-electron chi connectivity index (χ2n) is 5.28. The van der Waals surface area contributed by atoms with E-state index in [-0.39, 0.29) is 11.3 Å². The van der Waals surface area contributed by atoms with Crippen LogP contribution < -0.4 is 0 Å². The Kier molecular flexibility index (Phi) is 3.49. The van der Waals surface area contributed by atoms with Gasteiger partial charge >= 0.3 is 114 Å². The molecule has 0 spiro atoms. The number of carbonyl (C=O) groups excluding carboxylic acids is 1. The zero-order valence-corrected chi connectivity index (χ0v) is 12.7. The van der Waals surface area contributed by atoms with Crippen molar-refractivity contribution in [1.82, 2.24) is 3.11 Å². The van der Waals surface area contributed by atoms with Crippen molar-refractivity contribution in [3.63, 3.8) is 0 Å². The monoisotopic (exact) mass is 358 g/mol. The summed E-state index contributed by atoms with van der Waals surface area (Å²) >= 11 is -2.26. The zero-order chi connectivity index (χ0) is 13.3. The fraction of sp³-hybridized carbons (Fsp3) is 0.417. The average molecular weight is 358 g/mol. The molecule has 5 nitrogen and oxygen atoms in total. The van der Waals surface area contributed by atoms with Gasteiger partial charge in [0.25, 0.3) is 0 Å². The molecule has 1 aliphatic heterocycles. The van der Waals surface area contributed by atoms with Crippen molar-refractivity contribution in [2.24, 2.45) is 8.74 Å². The first-order valence-electron chi connectivity index (χ1n) is 5.60. The Bertz CT molecular complexity index is 531. The number of hydrogen-bond acceptors (Lipinski definition) is 2. The van der Waals surface area contributed by atoms with Crippen molar-refractivity contribution >= 4 is 26.3 Å². The minimum atomic E-state index is -2.26. The van der Waals surface area contributed by atoms with E-state index >= 15 is 0 Å². The molecule has 18 heavy (non-hydrogen) atoms. The minimum absolute atomic E-state index is 0.00158. The van der Waals surface area contributed by atoms with Gasteiger partial charge in [-0.05, 0) is 0 Å². The van der Waals surface area contributed by atoms with Crippen LogP contribution in [0, 0.1) is 8.99 Å². The van der Waals surface area contributed by atoms with Crippen molar-refractivity contribution in [2.45, 2.75) is 20.8 Å². The van der Waals surface area contributed by atoms with Gasteiger partial charge in [-0.3, -0.25) is 0 Å². The predicted molar refractivity (Wildman–Crippen MR) is 78.8 cm³/mol. The van der Waals surface area contributed by atoms with Crippen LogP contribution >= 0.6 is 20.4 Å². The molecule has 2 rings (SSSR count). The van der Waals surface area contributed by atoms with E-state index in [1.807, 2.05) is 24.3 Å². The molecule has 0 saturated heterocycles. The zero-order valence-electron chi connectivity index (χ0n) is 10.6. The molecule has 96 valence electrons. The van der Waals surface area contributed by atoms with Gasteiger partial charge in [0.05, 0.1) is 0 Å². The van der Waals surface area contributed by atoms with Crippen LogP contribution in [-0.4, -0.2) is 15.6 Å². The number of halogens is 1. The van der Waals surface area contributed by atoms with Gasteiger partial charge in [0.2, 0.25) is 0 Å². The molecule has 1 amide bonds. The molecule has 1 aliphatic rings. The Labute approximate surface area is 114 Å². The van der Waals surface area contributed by atoms with Gasteiger partial charge in [0.15, 0.2) is 0 Å². The number of azide groups is 1. The molecule has 0 atom stereocenters. The second kappa shape index (κ2) is 4.78. The molecule has 6 heteroatoms. The first kappa shape index (κ1) is 13.2. The van der Waals surface area contributed by atoms with Crippen molar-refractivity contribution in [1.29, 1.82) is 0 Å². The van der Waals surface area contributed by atoms with E-state index in [1.165, 1.54) is 0 Å². The normalized spacial score (nSPS) is 16.5. The van der Waals surface area contributed by atoms with Crippen LogP contribution in [0.3, 0.4) is 0 Å². The number of amides is 1. The van der Waals surface area contributed by atoms with Crippen LogP contribution in [0.1, 0.15) is 31.1 Å². The van der Waals surface area contributed by atoms with Gasteiger partial charge < -0.3 is 0 Å². The third kappa shape index (κ3) is 2.44. The van der Waals surface area contributed by atoms with Crippen LogP contribution in [0.2, 0.25) is 0 Å². The Morgan fingerprint density at radius 1 is 1.39 bits per heavy atom. The van der Waals surface area contributed by atoms with E-state index in [2.05, 4.69) is 29.0 Å². The quantitative estimate of drug-likeness (QED) is 0.259. The molecule has 1 heterocycles. The van der Waals surface area contributed by atoms with Crippen LogP contribution in [0.5, 0.6) is 0 Å². The fourth-order valence-corrected chi connectivity index (χ4v) is 6.51. The topological polar surface area (TPSA) is 69.1 Å². The molecule has 0 N–H and O–H groups in total. The molecule has 0 fully saturated rings. The van der Waals surface area contributed by atoms with E-state index in [9.17, 15) is 4.79 Å². The van der Waals surface area contributed by atoms with Crippen LogP contribution in [-0.2, 0) is 0 Å². The third-order valence-electron chi connectivity index (χ3n) is 2.42. The third-order valence-corrected chi connectivity index (χ3v) is 6.88. The Hall–Kier alpha value is -1.27. The summed E-state index contributed by atoms with van der Waals surface area (Å²) in [5.41, 5.74) is 9.42. The molecule has 0 radical (unpaired) electrons. The molecule has 0 bridgehead atoms. The summed E-state index contributed by atoms with van der Waals surface area (Å²) in [7, 11) is 0. The van der Waals surface area contributed by atoms with Gasteiger partial charge in [0, 0.05) is 0 Å². The molecular weight excluding hydrogens is 343 g/mol. The maximum absolute atomic E-state index is 12.3. The summed E-state index contributed by atoms with van der Waals surface area (Å²) in [5.74, 6) is 0.0122. The average Bonchev–Trinajstić information content (AvgIpc) is 2.54. The van der Waals surface area contributed by atoms with E-state index < -0.39 is 20.4 Å². The molecule has 0 aliphatic carbocycles. The summed E-state index contributed by atoms with van der Waals surface area (Å²) in [6, 6.07) is 7.47. The molecular formula is C12H15IN4O. The maximum atomic E-state index is 12.3. The van der Waals surface area contributed by atoms with Crippen LogP contribution in [0.4, 0.5) is 0 Å². The van der Waals surface area contributed by atoms with Crippen LogP contribution in [0.25, 0.3) is 10.4 Å². The molecule has 0 aromatic heterocycles. The summed E-state index contributed by atoms with van der Waals surface area (Å²) in [6.07, 6.45) is 0. The first-order valence-corrected chi connectivity index (χ1v) is 8.61. The van der Waals surface area contributed by atoms with Gasteiger partial charge in [-0.1, -0.05) is 0 Å². The van der Waals surface area contributed by atoms with Gasteiger partial charge in [-0.25, -0.2) is 0 Å². The van der Waals surface area contributed by atoms with E-state index in [0.29, 0.717) is 12.1 Å². The summed E-state index contributed by atoms with van der Waals surface area (Å²) in [6.45, 7) is 6.86. The van der Waals surface area contributed by atoms with Crippen molar-refractivity contribution in [2.75, 3.05) is 6.54 Å². The van der Waals surface area contributed by atoms with E-state index in [0.717, 1.165) is 3.57 Å². The number of rotatable bonds is 2. The van der Waals surface area contributed by atoms with Gasteiger partial charge in [-0.2, -0.15) is 0 Å². The van der Waals surface area contributed by atoms with Crippen molar-refractivity contribution in [3.8, 4) is 0 Å².